The number of hydrogen-bond donors (Lipinski definition) is 0. The Bertz CT molecular complexity index is 458. The van der Waals surface area contributed by atoms with Crippen molar-refractivity contribution in [2.24, 2.45) is 0 Å². The van der Waals surface area contributed by atoms with Gasteiger partial charge in [-0.3, -0.25) is 0 Å². The molecule has 1 saturated carbocycles. The molecule has 3 rings (SSSR count). The zero-order valence-corrected chi connectivity index (χ0v) is 9.13. The van der Waals surface area contributed by atoms with E-state index >= 15 is 0 Å². The molecule has 0 N–H and O–H groups in total. The van der Waals surface area contributed by atoms with Gasteiger partial charge < -0.3 is 0 Å². The van der Waals surface area contributed by atoms with Gasteiger partial charge in [0.1, 0.15) is 0 Å². The molecule has 2 nitrogen and oxygen atoms in total. The first-order valence-corrected chi connectivity index (χ1v) is 5.81. The molecule has 1 aromatic heterocycles. The fourth-order valence-corrected chi connectivity index (χ4v) is 2.09. The van der Waals surface area contributed by atoms with Gasteiger partial charge in [0.15, 0.2) is 5.82 Å². The molecule has 0 bridgehead atoms. The maximum absolute atomic E-state index is 4.25. The fraction of sp³-hybridized carbons (Fsp3) is 0.286. The van der Waals surface area contributed by atoms with Crippen LogP contribution in [0.4, 0.5) is 0 Å². The summed E-state index contributed by atoms with van der Waals surface area (Å²) in [5.41, 5.74) is 2.56. The van der Waals surface area contributed by atoms with Crippen molar-refractivity contribution in [2.45, 2.75) is 25.2 Å². The predicted octanol–water partition coefficient (Wildman–Crippen LogP) is 3.41. The Hall–Kier alpha value is -1.70. The number of rotatable bonds is 2. The van der Waals surface area contributed by atoms with E-state index in [9.17, 15) is 0 Å². The Morgan fingerprint density at radius 1 is 0.938 bits per heavy atom. The summed E-state index contributed by atoms with van der Waals surface area (Å²) in [6.45, 7) is 0. The summed E-state index contributed by atoms with van der Waals surface area (Å²) in [6.07, 6.45) is 7.64. The third-order valence-electron chi connectivity index (χ3n) is 3.31. The molecule has 1 aromatic carbocycles. The Morgan fingerprint density at radius 2 is 1.62 bits per heavy atom. The van der Waals surface area contributed by atoms with Gasteiger partial charge in [-0.2, -0.15) is 0 Å². The molecule has 0 aliphatic heterocycles. The normalized spacial score (nSPS) is 15.8. The van der Waals surface area contributed by atoms with Crippen LogP contribution >= 0.6 is 0 Å². The molecule has 0 amide bonds. The molecular formula is C14H14N2. The second kappa shape index (κ2) is 4.05. The van der Waals surface area contributed by atoms with Crippen molar-refractivity contribution in [1.82, 2.24) is 9.97 Å². The standard InChI is InChI=1S/C14H14N2/c1-3-11(4-1)12-5-7-13(8-6-12)14-15-9-2-10-16-14/h2,5-11H,1,3-4H2. The molecular weight excluding hydrogens is 196 g/mol. The minimum absolute atomic E-state index is 0.797. The highest BCUT2D eigenvalue weighted by atomic mass is 14.8. The van der Waals surface area contributed by atoms with Crippen LogP contribution in [0.5, 0.6) is 0 Å². The monoisotopic (exact) mass is 210 g/mol. The van der Waals surface area contributed by atoms with Crippen LogP contribution in [0.1, 0.15) is 30.7 Å². The van der Waals surface area contributed by atoms with Crippen LogP contribution in [0.2, 0.25) is 0 Å². The summed E-state index contributed by atoms with van der Waals surface area (Å²) < 4.78 is 0. The van der Waals surface area contributed by atoms with Crippen molar-refractivity contribution in [1.29, 1.82) is 0 Å². The Morgan fingerprint density at radius 3 is 2.19 bits per heavy atom. The van der Waals surface area contributed by atoms with Gasteiger partial charge in [-0.1, -0.05) is 30.7 Å². The lowest BCUT2D eigenvalue weighted by molar-refractivity contribution is 0.420. The van der Waals surface area contributed by atoms with Crippen LogP contribution in [0, 0.1) is 0 Å². The molecule has 1 aliphatic rings. The number of aromatic nitrogens is 2. The van der Waals surface area contributed by atoms with Gasteiger partial charge in [-0.15, -0.1) is 0 Å². The number of hydrogen-bond acceptors (Lipinski definition) is 2. The van der Waals surface area contributed by atoms with E-state index in [1.807, 2.05) is 6.07 Å². The zero-order chi connectivity index (χ0) is 10.8. The molecule has 0 radical (unpaired) electrons. The van der Waals surface area contributed by atoms with E-state index in [0.717, 1.165) is 17.3 Å². The van der Waals surface area contributed by atoms with Crippen LogP contribution < -0.4 is 0 Å². The molecule has 0 atom stereocenters. The van der Waals surface area contributed by atoms with E-state index in [1.165, 1.54) is 24.8 Å². The van der Waals surface area contributed by atoms with Crippen molar-refractivity contribution >= 4 is 0 Å². The van der Waals surface area contributed by atoms with E-state index in [-0.39, 0.29) is 0 Å². The summed E-state index contributed by atoms with van der Waals surface area (Å²) in [7, 11) is 0. The summed E-state index contributed by atoms with van der Waals surface area (Å²) in [5, 5.41) is 0. The summed E-state index contributed by atoms with van der Waals surface area (Å²) in [5.74, 6) is 1.61. The smallest absolute Gasteiger partial charge is 0.159 e. The largest absolute Gasteiger partial charge is 0.237 e. The van der Waals surface area contributed by atoms with Gasteiger partial charge in [0.2, 0.25) is 0 Å². The van der Waals surface area contributed by atoms with Gasteiger partial charge in [-0.05, 0) is 30.4 Å². The molecule has 16 heavy (non-hydrogen) atoms. The predicted molar refractivity (Wildman–Crippen MR) is 64.1 cm³/mol. The van der Waals surface area contributed by atoms with Gasteiger partial charge >= 0.3 is 0 Å². The summed E-state index contributed by atoms with van der Waals surface area (Å²) >= 11 is 0. The van der Waals surface area contributed by atoms with Gasteiger partial charge in [-0.25, -0.2) is 9.97 Å². The lowest BCUT2D eigenvalue weighted by Gasteiger charge is -2.25. The second-order valence-corrected chi connectivity index (χ2v) is 4.32. The number of nitrogens with zero attached hydrogens (tertiary/aromatic N) is 2. The second-order valence-electron chi connectivity index (χ2n) is 4.32. The Labute approximate surface area is 95.4 Å². The maximum atomic E-state index is 4.25. The SMILES string of the molecule is c1cnc(-c2ccc(C3CCC3)cc2)nc1. The number of benzene rings is 1. The average Bonchev–Trinajstić information content (AvgIpc) is 2.29. The Balaban J connectivity index is 1.87. The molecule has 2 heteroatoms. The first kappa shape index (κ1) is 9.52. The van der Waals surface area contributed by atoms with Crippen molar-refractivity contribution < 1.29 is 0 Å². The van der Waals surface area contributed by atoms with E-state index in [0.29, 0.717) is 0 Å². The van der Waals surface area contributed by atoms with Gasteiger partial charge in [0.05, 0.1) is 0 Å². The van der Waals surface area contributed by atoms with Crippen molar-refractivity contribution in [3.63, 3.8) is 0 Å². The van der Waals surface area contributed by atoms with E-state index in [2.05, 4.69) is 34.2 Å². The molecule has 0 spiro atoms. The first-order chi connectivity index (χ1) is 7.93. The maximum Gasteiger partial charge on any atom is 0.159 e. The lowest BCUT2D eigenvalue weighted by Crippen LogP contribution is -2.08. The highest BCUT2D eigenvalue weighted by Crippen LogP contribution is 2.36. The van der Waals surface area contributed by atoms with Crippen molar-refractivity contribution in [3.8, 4) is 11.4 Å². The Kier molecular flexibility index (Phi) is 2.41. The molecule has 1 heterocycles. The highest BCUT2D eigenvalue weighted by Gasteiger charge is 2.18. The molecule has 80 valence electrons. The van der Waals surface area contributed by atoms with Gasteiger partial charge in [0.25, 0.3) is 0 Å². The van der Waals surface area contributed by atoms with E-state index in [4.69, 9.17) is 0 Å². The fourth-order valence-electron chi connectivity index (χ4n) is 2.09. The molecule has 0 saturated heterocycles. The summed E-state index contributed by atoms with van der Waals surface area (Å²) in [6, 6.07) is 10.5. The van der Waals surface area contributed by atoms with E-state index < -0.39 is 0 Å². The average molecular weight is 210 g/mol. The highest BCUT2D eigenvalue weighted by molar-refractivity contribution is 5.55. The van der Waals surface area contributed by atoms with Crippen molar-refractivity contribution in [3.05, 3.63) is 48.3 Å². The summed E-state index contributed by atoms with van der Waals surface area (Å²) in [4.78, 5) is 8.49. The van der Waals surface area contributed by atoms with Crippen molar-refractivity contribution in [2.75, 3.05) is 0 Å². The third kappa shape index (κ3) is 1.71. The lowest BCUT2D eigenvalue weighted by atomic mass is 9.80. The van der Waals surface area contributed by atoms with Crippen LogP contribution in [-0.2, 0) is 0 Å². The van der Waals surface area contributed by atoms with Crippen LogP contribution in [-0.4, -0.2) is 9.97 Å². The third-order valence-corrected chi connectivity index (χ3v) is 3.31. The first-order valence-electron chi connectivity index (χ1n) is 5.81. The molecule has 1 aliphatic carbocycles. The molecule has 2 aromatic rings. The van der Waals surface area contributed by atoms with Crippen LogP contribution in [0.15, 0.2) is 42.7 Å². The van der Waals surface area contributed by atoms with E-state index in [1.54, 1.807) is 12.4 Å². The topological polar surface area (TPSA) is 25.8 Å². The zero-order valence-electron chi connectivity index (χ0n) is 9.13. The molecule has 0 unspecified atom stereocenters. The quantitative estimate of drug-likeness (QED) is 0.759. The molecule has 1 fully saturated rings. The minimum atomic E-state index is 0.797. The van der Waals surface area contributed by atoms with Gasteiger partial charge in [0, 0.05) is 18.0 Å². The van der Waals surface area contributed by atoms with Crippen LogP contribution in [0.3, 0.4) is 0 Å². The van der Waals surface area contributed by atoms with Crippen LogP contribution in [0.25, 0.3) is 11.4 Å². The minimum Gasteiger partial charge on any atom is -0.237 e.